The largest absolute Gasteiger partial charge is 0.478 e. The molecular weight excluding hydrogens is 282 g/mol. The van der Waals surface area contributed by atoms with Gasteiger partial charge in [-0.05, 0) is 31.9 Å². The molecule has 0 saturated carbocycles. The molecule has 0 bridgehead atoms. The van der Waals surface area contributed by atoms with Gasteiger partial charge in [0.2, 0.25) is 5.91 Å². The molecule has 0 aliphatic carbocycles. The second kappa shape index (κ2) is 6.68. The van der Waals surface area contributed by atoms with Crippen LogP contribution in [0.15, 0.2) is 18.2 Å². The van der Waals surface area contributed by atoms with Crippen molar-refractivity contribution in [2.45, 2.75) is 45.8 Å². The van der Waals surface area contributed by atoms with Gasteiger partial charge in [0.1, 0.15) is 18.0 Å². The standard InChI is InChI=1S/C16H23N3O3/c1-4-10(3)18-14(20)9-19-15-11(17)7-6-8-13(15)22-12(5-2)16(19)21/h6-8,10,12H,4-5,9,17H2,1-3H3,(H,18,20). The highest BCUT2D eigenvalue weighted by Gasteiger charge is 2.35. The molecule has 1 aromatic rings. The molecule has 6 nitrogen and oxygen atoms in total. The van der Waals surface area contributed by atoms with E-state index in [1.807, 2.05) is 20.8 Å². The van der Waals surface area contributed by atoms with E-state index in [-0.39, 0.29) is 24.4 Å². The summed E-state index contributed by atoms with van der Waals surface area (Å²) in [5.74, 6) is 0.114. The Labute approximate surface area is 130 Å². The van der Waals surface area contributed by atoms with Crippen LogP contribution in [0, 0.1) is 0 Å². The number of nitrogens with one attached hydrogen (secondary N) is 1. The number of nitrogen functional groups attached to an aromatic ring is 1. The van der Waals surface area contributed by atoms with Crippen LogP contribution < -0.4 is 20.7 Å². The zero-order chi connectivity index (χ0) is 16.3. The fourth-order valence-electron chi connectivity index (χ4n) is 2.39. The second-order valence-corrected chi connectivity index (χ2v) is 5.51. The van der Waals surface area contributed by atoms with Crippen LogP contribution in [0.2, 0.25) is 0 Å². The first-order chi connectivity index (χ1) is 10.5. The van der Waals surface area contributed by atoms with Gasteiger partial charge >= 0.3 is 0 Å². The quantitative estimate of drug-likeness (QED) is 0.811. The van der Waals surface area contributed by atoms with Crippen LogP contribution in [-0.4, -0.2) is 30.5 Å². The average Bonchev–Trinajstić information content (AvgIpc) is 2.49. The van der Waals surface area contributed by atoms with Crippen LogP contribution in [0.25, 0.3) is 0 Å². The zero-order valence-corrected chi connectivity index (χ0v) is 13.3. The Hall–Kier alpha value is -2.24. The van der Waals surface area contributed by atoms with E-state index in [2.05, 4.69) is 5.32 Å². The third-order valence-corrected chi connectivity index (χ3v) is 3.80. The fraction of sp³-hybridized carbons (Fsp3) is 0.500. The van der Waals surface area contributed by atoms with Crippen LogP contribution in [0.5, 0.6) is 5.75 Å². The Bertz CT molecular complexity index is 574. The van der Waals surface area contributed by atoms with Crippen molar-refractivity contribution in [1.29, 1.82) is 0 Å². The smallest absolute Gasteiger partial charge is 0.268 e. The first-order valence-electron chi connectivity index (χ1n) is 7.63. The van der Waals surface area contributed by atoms with E-state index in [1.165, 1.54) is 4.90 Å². The maximum Gasteiger partial charge on any atom is 0.268 e. The summed E-state index contributed by atoms with van der Waals surface area (Å²) in [5.41, 5.74) is 6.89. The van der Waals surface area contributed by atoms with Crippen molar-refractivity contribution in [2.75, 3.05) is 17.2 Å². The number of hydrogen-bond acceptors (Lipinski definition) is 4. The van der Waals surface area contributed by atoms with Gasteiger partial charge in [-0.1, -0.05) is 19.9 Å². The molecule has 2 atom stereocenters. The van der Waals surface area contributed by atoms with E-state index < -0.39 is 6.10 Å². The molecule has 0 radical (unpaired) electrons. The number of fused-ring (bicyclic) bond motifs is 1. The van der Waals surface area contributed by atoms with Gasteiger partial charge < -0.3 is 15.8 Å². The summed E-state index contributed by atoms with van der Waals surface area (Å²) in [6.45, 7) is 5.74. The second-order valence-electron chi connectivity index (χ2n) is 5.51. The van der Waals surface area contributed by atoms with Gasteiger partial charge in [-0.3, -0.25) is 14.5 Å². The van der Waals surface area contributed by atoms with E-state index in [0.717, 1.165) is 6.42 Å². The Morgan fingerprint density at radius 1 is 1.45 bits per heavy atom. The van der Waals surface area contributed by atoms with Gasteiger partial charge in [-0.15, -0.1) is 0 Å². The van der Waals surface area contributed by atoms with E-state index in [9.17, 15) is 9.59 Å². The average molecular weight is 305 g/mol. The van der Waals surface area contributed by atoms with Crippen molar-refractivity contribution in [3.05, 3.63) is 18.2 Å². The molecule has 22 heavy (non-hydrogen) atoms. The fourth-order valence-corrected chi connectivity index (χ4v) is 2.39. The normalized spacial score (nSPS) is 18.4. The topological polar surface area (TPSA) is 84.7 Å². The molecule has 0 aromatic heterocycles. The molecule has 1 aromatic carbocycles. The highest BCUT2D eigenvalue weighted by Crippen LogP contribution is 2.39. The lowest BCUT2D eigenvalue weighted by Gasteiger charge is -2.34. The molecule has 120 valence electrons. The van der Waals surface area contributed by atoms with E-state index in [1.54, 1.807) is 18.2 Å². The highest BCUT2D eigenvalue weighted by atomic mass is 16.5. The van der Waals surface area contributed by atoms with Gasteiger partial charge in [0, 0.05) is 6.04 Å². The molecule has 2 amide bonds. The summed E-state index contributed by atoms with van der Waals surface area (Å²) in [4.78, 5) is 26.1. The molecule has 2 unspecified atom stereocenters. The first-order valence-corrected chi connectivity index (χ1v) is 7.63. The molecule has 6 heteroatoms. The maximum absolute atomic E-state index is 12.5. The van der Waals surface area contributed by atoms with Gasteiger partial charge in [0.15, 0.2) is 6.10 Å². The van der Waals surface area contributed by atoms with Crippen LogP contribution >= 0.6 is 0 Å². The minimum absolute atomic E-state index is 0.0513. The number of nitrogens with zero attached hydrogens (tertiary/aromatic N) is 1. The summed E-state index contributed by atoms with van der Waals surface area (Å²) in [7, 11) is 0. The molecule has 0 saturated heterocycles. The van der Waals surface area contributed by atoms with Crippen molar-refractivity contribution >= 4 is 23.2 Å². The van der Waals surface area contributed by atoms with E-state index in [0.29, 0.717) is 23.5 Å². The summed E-state index contributed by atoms with van der Waals surface area (Å²) in [6, 6.07) is 5.30. The van der Waals surface area contributed by atoms with Crippen LogP contribution in [0.1, 0.15) is 33.6 Å². The highest BCUT2D eigenvalue weighted by molar-refractivity contribution is 6.06. The predicted molar refractivity (Wildman–Crippen MR) is 85.8 cm³/mol. The monoisotopic (exact) mass is 305 g/mol. The number of hydrogen-bond donors (Lipinski definition) is 2. The number of carbonyl (C=O) groups excluding carboxylic acids is 2. The van der Waals surface area contributed by atoms with Crippen LogP contribution in [-0.2, 0) is 9.59 Å². The minimum Gasteiger partial charge on any atom is -0.478 e. The number of rotatable bonds is 5. The lowest BCUT2D eigenvalue weighted by Crippen LogP contribution is -2.50. The summed E-state index contributed by atoms with van der Waals surface area (Å²) in [6.07, 6.45) is 0.793. The van der Waals surface area contributed by atoms with Crippen molar-refractivity contribution < 1.29 is 14.3 Å². The Kier molecular flexibility index (Phi) is 4.90. The number of benzene rings is 1. The lowest BCUT2D eigenvalue weighted by molar-refractivity contribution is -0.129. The van der Waals surface area contributed by atoms with Gasteiger partial charge in [-0.25, -0.2) is 0 Å². The van der Waals surface area contributed by atoms with Gasteiger partial charge in [0.05, 0.1) is 5.69 Å². The Morgan fingerprint density at radius 2 is 2.18 bits per heavy atom. The Morgan fingerprint density at radius 3 is 2.82 bits per heavy atom. The molecular formula is C16H23N3O3. The minimum atomic E-state index is -0.578. The van der Waals surface area contributed by atoms with Crippen molar-refractivity contribution in [2.24, 2.45) is 0 Å². The van der Waals surface area contributed by atoms with Crippen molar-refractivity contribution in [1.82, 2.24) is 5.32 Å². The van der Waals surface area contributed by atoms with E-state index >= 15 is 0 Å². The third-order valence-electron chi connectivity index (χ3n) is 3.80. The molecule has 1 aliphatic heterocycles. The molecule has 1 heterocycles. The number of para-hydroxylation sites is 1. The van der Waals surface area contributed by atoms with Crippen molar-refractivity contribution in [3.63, 3.8) is 0 Å². The maximum atomic E-state index is 12.5. The van der Waals surface area contributed by atoms with Crippen molar-refractivity contribution in [3.8, 4) is 5.75 Å². The SMILES string of the molecule is CCC(C)NC(=O)CN1C(=O)C(CC)Oc2cccc(N)c21. The molecule has 3 N–H and O–H groups in total. The number of carbonyl (C=O) groups is 2. The van der Waals surface area contributed by atoms with Crippen LogP contribution in [0.4, 0.5) is 11.4 Å². The van der Waals surface area contributed by atoms with E-state index in [4.69, 9.17) is 10.5 Å². The molecule has 0 spiro atoms. The number of nitrogens with two attached hydrogens (primary N) is 1. The number of amides is 2. The third kappa shape index (κ3) is 3.16. The first kappa shape index (κ1) is 16.1. The Balaban J connectivity index is 2.28. The zero-order valence-electron chi connectivity index (χ0n) is 13.3. The molecule has 2 rings (SSSR count). The predicted octanol–water partition coefficient (Wildman–Crippen LogP) is 1.69. The summed E-state index contributed by atoms with van der Waals surface area (Å²) >= 11 is 0. The number of anilines is 2. The van der Waals surface area contributed by atoms with Gasteiger partial charge in [-0.2, -0.15) is 0 Å². The molecule has 1 aliphatic rings. The number of ether oxygens (including phenoxy) is 1. The van der Waals surface area contributed by atoms with Gasteiger partial charge in [0.25, 0.3) is 5.91 Å². The molecule has 0 fully saturated rings. The summed E-state index contributed by atoms with van der Waals surface area (Å²) < 4.78 is 5.69. The summed E-state index contributed by atoms with van der Waals surface area (Å²) in [5, 5.41) is 2.87. The van der Waals surface area contributed by atoms with Crippen LogP contribution in [0.3, 0.4) is 0 Å². The lowest BCUT2D eigenvalue weighted by atomic mass is 10.1.